The summed E-state index contributed by atoms with van der Waals surface area (Å²) < 4.78 is 28.4. The van der Waals surface area contributed by atoms with Crippen LogP contribution < -0.4 is 4.31 Å². The molecule has 146 valence electrons. The molecule has 3 nitrogen and oxygen atoms in total. The van der Waals surface area contributed by atoms with E-state index in [0.29, 0.717) is 11.4 Å². The molecule has 0 N–H and O–H groups in total. The molecule has 4 heteroatoms. The van der Waals surface area contributed by atoms with Gasteiger partial charge in [0.25, 0.3) is 10.0 Å². The standard InChI is InChI=1S/C24H27NO2S/c1-3-8-20-12-16-22(17-13-20)25(23-18-14-21(9-4-2)15-19-23)28(26,27)24-10-6-5-7-11-24/h5-7,10-19H,3-4,8-9H2,1-2H3. The zero-order valence-electron chi connectivity index (χ0n) is 16.5. The van der Waals surface area contributed by atoms with Crippen LogP contribution in [0.3, 0.4) is 0 Å². The molecule has 3 rings (SSSR count). The van der Waals surface area contributed by atoms with Gasteiger partial charge in [0.15, 0.2) is 0 Å². The lowest BCUT2D eigenvalue weighted by molar-refractivity contribution is 0.596. The highest BCUT2D eigenvalue weighted by Gasteiger charge is 2.26. The van der Waals surface area contributed by atoms with Crippen LogP contribution in [0.25, 0.3) is 0 Å². The van der Waals surface area contributed by atoms with Crippen LogP contribution in [0.2, 0.25) is 0 Å². The summed E-state index contributed by atoms with van der Waals surface area (Å²) in [5.74, 6) is 0. The van der Waals surface area contributed by atoms with Crippen molar-refractivity contribution in [2.24, 2.45) is 0 Å². The van der Waals surface area contributed by atoms with Gasteiger partial charge in [0.2, 0.25) is 0 Å². The molecule has 0 bridgehead atoms. The largest absolute Gasteiger partial charge is 0.268 e. The van der Waals surface area contributed by atoms with Gasteiger partial charge in [0, 0.05) is 0 Å². The number of sulfonamides is 1. The molecule has 0 amide bonds. The van der Waals surface area contributed by atoms with Crippen molar-refractivity contribution in [2.75, 3.05) is 4.31 Å². The summed E-state index contributed by atoms with van der Waals surface area (Å²) in [6.07, 6.45) is 4.09. The van der Waals surface area contributed by atoms with Crippen LogP contribution in [0.15, 0.2) is 83.8 Å². The van der Waals surface area contributed by atoms with E-state index >= 15 is 0 Å². The first-order valence-electron chi connectivity index (χ1n) is 9.84. The molecule has 0 radical (unpaired) electrons. The van der Waals surface area contributed by atoms with E-state index in [9.17, 15) is 8.42 Å². The van der Waals surface area contributed by atoms with Crippen LogP contribution in [0, 0.1) is 0 Å². The number of nitrogens with zero attached hydrogens (tertiary/aromatic N) is 1. The van der Waals surface area contributed by atoms with Crippen molar-refractivity contribution in [3.63, 3.8) is 0 Å². The number of anilines is 2. The summed E-state index contributed by atoms with van der Waals surface area (Å²) in [6, 6.07) is 24.2. The highest BCUT2D eigenvalue weighted by molar-refractivity contribution is 7.93. The van der Waals surface area contributed by atoms with Crippen molar-refractivity contribution in [1.82, 2.24) is 0 Å². The molecule has 0 spiro atoms. The van der Waals surface area contributed by atoms with E-state index in [4.69, 9.17) is 0 Å². The quantitative estimate of drug-likeness (QED) is 0.462. The SMILES string of the molecule is CCCc1ccc(N(c2ccc(CCC)cc2)S(=O)(=O)c2ccccc2)cc1. The van der Waals surface area contributed by atoms with Gasteiger partial charge in [-0.1, -0.05) is 69.2 Å². The summed E-state index contributed by atoms with van der Waals surface area (Å²) in [6.45, 7) is 4.27. The first-order chi connectivity index (χ1) is 13.6. The van der Waals surface area contributed by atoms with Gasteiger partial charge in [-0.15, -0.1) is 0 Å². The van der Waals surface area contributed by atoms with Crippen molar-refractivity contribution in [1.29, 1.82) is 0 Å². The molecule has 0 aliphatic rings. The second-order valence-electron chi connectivity index (χ2n) is 6.92. The van der Waals surface area contributed by atoms with Gasteiger partial charge in [0.1, 0.15) is 0 Å². The highest BCUT2D eigenvalue weighted by Crippen LogP contribution is 2.33. The lowest BCUT2D eigenvalue weighted by Gasteiger charge is -2.25. The van der Waals surface area contributed by atoms with Gasteiger partial charge in [-0.25, -0.2) is 12.7 Å². The normalized spacial score (nSPS) is 11.4. The van der Waals surface area contributed by atoms with Crippen molar-refractivity contribution in [2.45, 2.75) is 44.4 Å². The Morgan fingerprint density at radius 3 is 1.46 bits per heavy atom. The van der Waals surface area contributed by atoms with Crippen molar-refractivity contribution >= 4 is 21.4 Å². The summed E-state index contributed by atoms with van der Waals surface area (Å²) in [7, 11) is -3.72. The Kier molecular flexibility index (Phi) is 6.53. The average Bonchev–Trinajstić information content (AvgIpc) is 2.72. The van der Waals surface area contributed by atoms with E-state index in [0.717, 1.165) is 25.7 Å². The molecule has 0 atom stereocenters. The molecule has 0 aromatic heterocycles. The molecule has 0 heterocycles. The van der Waals surface area contributed by atoms with E-state index in [2.05, 4.69) is 13.8 Å². The molecule has 28 heavy (non-hydrogen) atoms. The number of hydrogen-bond acceptors (Lipinski definition) is 2. The smallest absolute Gasteiger partial charge is 0.235 e. The number of aryl methyl sites for hydroxylation is 2. The maximum atomic E-state index is 13.5. The Balaban J connectivity index is 2.08. The first kappa shape index (κ1) is 20.2. The topological polar surface area (TPSA) is 37.4 Å². The van der Waals surface area contributed by atoms with Gasteiger partial charge in [-0.05, 0) is 60.4 Å². The molecule has 0 unspecified atom stereocenters. The van der Waals surface area contributed by atoms with E-state index < -0.39 is 10.0 Å². The third-order valence-electron chi connectivity index (χ3n) is 4.70. The Labute approximate surface area is 168 Å². The van der Waals surface area contributed by atoms with Crippen molar-refractivity contribution in [3.8, 4) is 0 Å². The summed E-state index contributed by atoms with van der Waals surface area (Å²) in [4.78, 5) is 0.283. The van der Waals surface area contributed by atoms with Crippen molar-refractivity contribution < 1.29 is 8.42 Å². The van der Waals surface area contributed by atoms with Crippen LogP contribution in [0.4, 0.5) is 11.4 Å². The van der Waals surface area contributed by atoms with Gasteiger partial charge >= 0.3 is 0 Å². The predicted molar refractivity (Wildman–Crippen MR) is 117 cm³/mol. The molecule has 3 aromatic carbocycles. The van der Waals surface area contributed by atoms with E-state index in [1.165, 1.54) is 15.4 Å². The number of benzene rings is 3. The van der Waals surface area contributed by atoms with Crippen LogP contribution in [0.5, 0.6) is 0 Å². The average molecular weight is 394 g/mol. The van der Waals surface area contributed by atoms with Crippen molar-refractivity contribution in [3.05, 3.63) is 90.0 Å². The molecule has 0 aliphatic heterocycles. The number of hydrogen-bond donors (Lipinski definition) is 0. The lowest BCUT2D eigenvalue weighted by atomic mass is 10.1. The van der Waals surface area contributed by atoms with Crippen LogP contribution in [-0.2, 0) is 22.9 Å². The van der Waals surface area contributed by atoms with Gasteiger partial charge < -0.3 is 0 Å². The summed E-state index contributed by atoms with van der Waals surface area (Å²) >= 11 is 0. The fourth-order valence-electron chi connectivity index (χ4n) is 3.30. The number of rotatable bonds is 8. The Hall–Kier alpha value is -2.59. The molecule has 0 saturated carbocycles. The first-order valence-corrected chi connectivity index (χ1v) is 11.3. The molecule has 0 aliphatic carbocycles. The Morgan fingerprint density at radius 1 is 0.643 bits per heavy atom. The molecule has 0 fully saturated rings. The van der Waals surface area contributed by atoms with E-state index in [1.807, 2.05) is 54.6 Å². The second-order valence-corrected chi connectivity index (χ2v) is 8.70. The fourth-order valence-corrected chi connectivity index (χ4v) is 4.81. The molecular formula is C24H27NO2S. The molecule has 3 aromatic rings. The molecular weight excluding hydrogens is 366 g/mol. The van der Waals surface area contributed by atoms with E-state index in [1.54, 1.807) is 24.3 Å². The van der Waals surface area contributed by atoms with Gasteiger partial charge in [-0.2, -0.15) is 0 Å². The predicted octanol–water partition coefficient (Wildman–Crippen LogP) is 6.12. The highest BCUT2D eigenvalue weighted by atomic mass is 32.2. The van der Waals surface area contributed by atoms with Crippen LogP contribution >= 0.6 is 0 Å². The minimum absolute atomic E-state index is 0.283. The molecule has 0 saturated heterocycles. The third-order valence-corrected chi connectivity index (χ3v) is 6.47. The zero-order chi connectivity index (χ0) is 20.0. The third kappa shape index (κ3) is 4.45. The van der Waals surface area contributed by atoms with Gasteiger partial charge in [-0.3, -0.25) is 0 Å². The lowest BCUT2D eigenvalue weighted by Crippen LogP contribution is -2.26. The van der Waals surface area contributed by atoms with Gasteiger partial charge in [0.05, 0.1) is 16.3 Å². The minimum atomic E-state index is -3.72. The fraction of sp³-hybridized carbons (Fsp3) is 0.250. The van der Waals surface area contributed by atoms with E-state index in [-0.39, 0.29) is 4.90 Å². The minimum Gasteiger partial charge on any atom is -0.235 e. The Morgan fingerprint density at radius 2 is 1.07 bits per heavy atom. The maximum absolute atomic E-state index is 13.5. The van der Waals surface area contributed by atoms with Crippen LogP contribution in [-0.4, -0.2) is 8.42 Å². The Bertz CT molecular complexity index is 930. The maximum Gasteiger partial charge on any atom is 0.268 e. The second kappa shape index (κ2) is 9.07. The monoisotopic (exact) mass is 393 g/mol. The summed E-state index contributed by atoms with van der Waals surface area (Å²) in [5.41, 5.74) is 3.71. The van der Waals surface area contributed by atoms with Crippen LogP contribution in [0.1, 0.15) is 37.8 Å². The zero-order valence-corrected chi connectivity index (χ0v) is 17.3. The summed E-state index contributed by atoms with van der Waals surface area (Å²) in [5, 5.41) is 0.